The summed E-state index contributed by atoms with van der Waals surface area (Å²) in [6.45, 7) is 4.87. The van der Waals surface area contributed by atoms with Crippen molar-refractivity contribution in [2.45, 2.75) is 161 Å². The van der Waals surface area contributed by atoms with Crippen LogP contribution in [0.2, 0.25) is 0 Å². The summed E-state index contributed by atoms with van der Waals surface area (Å²) >= 11 is 0. The molecule has 0 fully saturated rings. The molecule has 3 N–H and O–H groups in total. The molecule has 0 aliphatic carbocycles. The molecular formula is C31H64NO7P. The van der Waals surface area contributed by atoms with E-state index in [0.29, 0.717) is 13.0 Å². The predicted molar refractivity (Wildman–Crippen MR) is 164 cm³/mol. The average Bonchev–Trinajstić information content (AvgIpc) is 2.94. The van der Waals surface area contributed by atoms with Crippen LogP contribution in [0.15, 0.2) is 0 Å². The molecule has 0 aliphatic rings. The highest BCUT2D eigenvalue weighted by Gasteiger charge is 2.25. The fourth-order valence-electron chi connectivity index (χ4n) is 4.58. The molecular weight excluding hydrogens is 529 g/mol. The van der Waals surface area contributed by atoms with Crippen LogP contribution < -0.4 is 5.73 Å². The fourth-order valence-corrected chi connectivity index (χ4v) is 5.35. The molecule has 0 saturated carbocycles. The first-order valence-electron chi connectivity index (χ1n) is 16.5. The van der Waals surface area contributed by atoms with Crippen LogP contribution in [0.5, 0.6) is 0 Å². The Morgan fingerprint density at radius 3 is 1.57 bits per heavy atom. The van der Waals surface area contributed by atoms with E-state index in [9.17, 15) is 14.3 Å². The molecule has 2 unspecified atom stereocenters. The second kappa shape index (κ2) is 30.0. The number of phosphoric ester groups is 1. The number of unbranched alkanes of at least 4 members (excludes halogenated alkanes) is 19. The van der Waals surface area contributed by atoms with Crippen LogP contribution in [0.25, 0.3) is 0 Å². The Morgan fingerprint density at radius 1 is 0.650 bits per heavy atom. The van der Waals surface area contributed by atoms with Crippen LogP contribution in [0.4, 0.5) is 0 Å². The third kappa shape index (κ3) is 29.0. The maximum atomic E-state index is 12.3. The van der Waals surface area contributed by atoms with Crippen LogP contribution in [0, 0.1) is 0 Å². The maximum Gasteiger partial charge on any atom is 0.472 e. The summed E-state index contributed by atoms with van der Waals surface area (Å²) in [7, 11) is -4.25. The van der Waals surface area contributed by atoms with E-state index in [4.69, 9.17) is 24.3 Å². The summed E-state index contributed by atoms with van der Waals surface area (Å²) in [5, 5.41) is 0. The first kappa shape index (κ1) is 39.5. The Hall–Kier alpha value is -0.500. The Balaban J connectivity index is 3.99. The molecule has 0 rings (SSSR count). The summed E-state index contributed by atoms with van der Waals surface area (Å²) < 4.78 is 33.0. The van der Waals surface area contributed by atoms with Crippen LogP contribution in [-0.2, 0) is 27.9 Å². The van der Waals surface area contributed by atoms with Gasteiger partial charge in [0.25, 0.3) is 0 Å². The van der Waals surface area contributed by atoms with E-state index in [1.54, 1.807) is 0 Å². The van der Waals surface area contributed by atoms with Crippen molar-refractivity contribution in [3.8, 4) is 0 Å². The SMILES string of the molecule is CCCCCCCCCCCCCCCCCOCC(COP(=O)(O)OCCN)OC(=O)CCCCCCCC. The minimum Gasteiger partial charge on any atom is -0.457 e. The Bertz CT molecular complexity index is 594. The lowest BCUT2D eigenvalue weighted by Gasteiger charge is -2.20. The number of hydrogen-bond donors (Lipinski definition) is 2. The highest BCUT2D eigenvalue weighted by Crippen LogP contribution is 2.43. The van der Waals surface area contributed by atoms with Gasteiger partial charge in [0.05, 0.1) is 19.8 Å². The Kier molecular flexibility index (Phi) is 29.6. The lowest BCUT2D eigenvalue weighted by molar-refractivity contribution is -0.154. The molecule has 0 bridgehead atoms. The molecule has 0 radical (unpaired) electrons. The van der Waals surface area contributed by atoms with E-state index in [1.807, 2.05) is 0 Å². The van der Waals surface area contributed by atoms with E-state index in [0.717, 1.165) is 32.1 Å². The van der Waals surface area contributed by atoms with Gasteiger partial charge in [0.1, 0.15) is 6.10 Å². The van der Waals surface area contributed by atoms with E-state index in [-0.39, 0.29) is 32.3 Å². The molecule has 0 aromatic carbocycles. The molecule has 0 amide bonds. The summed E-state index contributed by atoms with van der Waals surface area (Å²) in [6, 6.07) is 0. The van der Waals surface area contributed by atoms with Crippen molar-refractivity contribution in [1.29, 1.82) is 0 Å². The molecule has 9 heteroatoms. The molecule has 0 spiro atoms. The number of ether oxygens (including phenoxy) is 2. The minimum atomic E-state index is -4.25. The molecule has 0 aliphatic heterocycles. The lowest BCUT2D eigenvalue weighted by atomic mass is 10.0. The van der Waals surface area contributed by atoms with E-state index >= 15 is 0 Å². The average molecular weight is 594 g/mol. The molecule has 0 saturated heterocycles. The van der Waals surface area contributed by atoms with Gasteiger partial charge in [0.2, 0.25) is 0 Å². The molecule has 0 aromatic heterocycles. The lowest BCUT2D eigenvalue weighted by Crippen LogP contribution is -2.28. The first-order chi connectivity index (χ1) is 19.4. The van der Waals surface area contributed by atoms with E-state index in [2.05, 4.69) is 13.8 Å². The van der Waals surface area contributed by atoms with E-state index < -0.39 is 13.9 Å². The summed E-state index contributed by atoms with van der Waals surface area (Å²) in [6.07, 6.45) is 25.6. The summed E-state index contributed by atoms with van der Waals surface area (Å²) in [4.78, 5) is 22.1. The molecule has 0 aromatic rings. The number of phosphoric acid groups is 1. The zero-order valence-electron chi connectivity index (χ0n) is 26.1. The van der Waals surface area contributed by atoms with Gasteiger partial charge in [-0.1, -0.05) is 136 Å². The summed E-state index contributed by atoms with van der Waals surface area (Å²) in [5.74, 6) is -0.338. The van der Waals surface area contributed by atoms with Crippen LogP contribution in [-0.4, -0.2) is 49.9 Å². The third-order valence-electron chi connectivity index (χ3n) is 7.02. The quantitative estimate of drug-likeness (QED) is 0.0452. The number of nitrogens with two attached hydrogens (primary N) is 1. The van der Waals surface area contributed by atoms with Gasteiger partial charge in [-0.15, -0.1) is 0 Å². The van der Waals surface area contributed by atoms with Crippen molar-refractivity contribution in [2.75, 3.05) is 33.0 Å². The molecule has 240 valence electrons. The Morgan fingerprint density at radius 2 is 1.10 bits per heavy atom. The smallest absolute Gasteiger partial charge is 0.457 e. The number of carbonyl (C=O) groups is 1. The van der Waals surface area contributed by atoms with Crippen LogP contribution >= 0.6 is 7.82 Å². The van der Waals surface area contributed by atoms with Gasteiger partial charge >= 0.3 is 13.8 Å². The predicted octanol–water partition coefficient (Wildman–Crippen LogP) is 8.63. The van der Waals surface area contributed by atoms with Crippen molar-refractivity contribution in [1.82, 2.24) is 0 Å². The van der Waals surface area contributed by atoms with Gasteiger partial charge in [0, 0.05) is 19.6 Å². The topological polar surface area (TPSA) is 117 Å². The van der Waals surface area contributed by atoms with Gasteiger partial charge in [0.15, 0.2) is 0 Å². The van der Waals surface area contributed by atoms with Crippen molar-refractivity contribution in [3.05, 3.63) is 0 Å². The molecule has 40 heavy (non-hydrogen) atoms. The molecule has 8 nitrogen and oxygen atoms in total. The van der Waals surface area contributed by atoms with E-state index in [1.165, 1.54) is 103 Å². The fraction of sp³-hybridized carbons (Fsp3) is 0.968. The van der Waals surface area contributed by atoms with Crippen molar-refractivity contribution < 1.29 is 32.8 Å². The zero-order chi connectivity index (χ0) is 29.6. The monoisotopic (exact) mass is 593 g/mol. The second-order valence-electron chi connectivity index (χ2n) is 11.0. The largest absolute Gasteiger partial charge is 0.472 e. The standard InChI is InChI=1S/C31H64NO7P/c1-3-5-7-9-11-12-13-14-15-16-17-18-19-21-23-26-36-28-30(29-38-40(34,35)37-27-25-32)39-31(33)24-22-20-10-8-6-4-2/h30H,3-29,32H2,1-2H3,(H,34,35). The van der Waals surface area contributed by atoms with Crippen molar-refractivity contribution >= 4 is 13.8 Å². The Labute approximate surface area is 246 Å². The minimum absolute atomic E-state index is 0.0913. The zero-order valence-corrected chi connectivity index (χ0v) is 27.0. The number of hydrogen-bond acceptors (Lipinski definition) is 7. The van der Waals surface area contributed by atoms with Crippen LogP contribution in [0.3, 0.4) is 0 Å². The van der Waals surface area contributed by atoms with Gasteiger partial charge in [-0.2, -0.15) is 0 Å². The summed E-state index contributed by atoms with van der Waals surface area (Å²) in [5.41, 5.74) is 5.32. The first-order valence-corrected chi connectivity index (χ1v) is 18.0. The van der Waals surface area contributed by atoms with Crippen molar-refractivity contribution in [2.24, 2.45) is 5.73 Å². The van der Waals surface area contributed by atoms with Gasteiger partial charge < -0.3 is 20.1 Å². The second-order valence-corrected chi connectivity index (χ2v) is 12.5. The highest BCUT2D eigenvalue weighted by molar-refractivity contribution is 7.47. The molecule has 2 atom stereocenters. The number of esters is 1. The third-order valence-corrected chi connectivity index (χ3v) is 8.01. The van der Waals surface area contributed by atoms with Gasteiger partial charge in [-0.05, 0) is 12.8 Å². The van der Waals surface area contributed by atoms with Gasteiger partial charge in [-0.25, -0.2) is 4.57 Å². The van der Waals surface area contributed by atoms with Crippen LogP contribution in [0.1, 0.15) is 155 Å². The maximum absolute atomic E-state index is 12.3. The molecule has 0 heterocycles. The normalized spacial score (nSPS) is 13.8. The van der Waals surface area contributed by atoms with Gasteiger partial charge in [-0.3, -0.25) is 13.8 Å². The van der Waals surface area contributed by atoms with Crippen molar-refractivity contribution in [3.63, 3.8) is 0 Å². The number of rotatable bonds is 32. The highest BCUT2D eigenvalue weighted by atomic mass is 31.2. The number of carbonyl (C=O) groups excluding carboxylic acids is 1.